The van der Waals surface area contributed by atoms with Gasteiger partial charge in [-0.25, -0.2) is 12.7 Å². The summed E-state index contributed by atoms with van der Waals surface area (Å²) in [6, 6.07) is 6.97. The van der Waals surface area contributed by atoms with Crippen LogP contribution < -0.4 is 5.32 Å². The first-order chi connectivity index (χ1) is 14.3. The molecule has 168 valence electrons. The maximum Gasteiger partial charge on any atom is 0.251 e. The zero-order valence-corrected chi connectivity index (χ0v) is 19.3. The van der Waals surface area contributed by atoms with Crippen molar-refractivity contribution in [3.63, 3.8) is 0 Å². The van der Waals surface area contributed by atoms with Crippen LogP contribution >= 0.6 is 0 Å². The molecule has 2 heterocycles. The highest BCUT2D eigenvalue weighted by Gasteiger charge is 2.24. The number of carbonyl (C=O) groups excluding carboxylic acids is 1. The topological polar surface area (TPSA) is 69.7 Å². The molecule has 1 amide bonds. The predicted molar refractivity (Wildman–Crippen MR) is 121 cm³/mol. The maximum atomic E-state index is 12.6. The van der Waals surface area contributed by atoms with Crippen molar-refractivity contribution in [3.05, 3.63) is 35.4 Å². The largest absolute Gasteiger partial charge is 0.352 e. The Morgan fingerprint density at radius 2 is 1.67 bits per heavy atom. The van der Waals surface area contributed by atoms with Crippen molar-refractivity contribution in [2.75, 3.05) is 39.3 Å². The summed E-state index contributed by atoms with van der Waals surface area (Å²) in [5.74, 6) is 1.41. The number of nitrogens with one attached hydrogen (secondary N) is 1. The lowest BCUT2D eigenvalue weighted by atomic mass is 9.92. The van der Waals surface area contributed by atoms with Crippen molar-refractivity contribution < 1.29 is 13.2 Å². The third kappa shape index (κ3) is 6.79. The molecular formula is C23H37N3O3S. The molecule has 0 spiro atoms. The monoisotopic (exact) mass is 435 g/mol. The summed E-state index contributed by atoms with van der Waals surface area (Å²) < 4.78 is 26.7. The van der Waals surface area contributed by atoms with Gasteiger partial charge in [-0.15, -0.1) is 0 Å². The smallest absolute Gasteiger partial charge is 0.251 e. The van der Waals surface area contributed by atoms with E-state index in [2.05, 4.69) is 24.1 Å². The minimum atomic E-state index is -3.28. The van der Waals surface area contributed by atoms with Crippen LogP contribution in [0.15, 0.2) is 24.3 Å². The molecule has 6 nitrogen and oxygen atoms in total. The van der Waals surface area contributed by atoms with E-state index >= 15 is 0 Å². The van der Waals surface area contributed by atoms with Gasteiger partial charge in [-0.05, 0) is 61.8 Å². The number of benzene rings is 1. The Balaban J connectivity index is 1.42. The van der Waals surface area contributed by atoms with Gasteiger partial charge >= 0.3 is 0 Å². The van der Waals surface area contributed by atoms with Crippen molar-refractivity contribution in [3.8, 4) is 0 Å². The van der Waals surface area contributed by atoms with E-state index in [0.717, 1.165) is 62.7 Å². The molecule has 0 aromatic heterocycles. The molecule has 0 radical (unpaired) electrons. The zero-order chi connectivity index (χ0) is 21.6. The van der Waals surface area contributed by atoms with Crippen LogP contribution in [0.25, 0.3) is 0 Å². The van der Waals surface area contributed by atoms with Gasteiger partial charge in [-0.1, -0.05) is 32.4 Å². The number of nitrogens with zero attached hydrogens (tertiary/aromatic N) is 2. The van der Waals surface area contributed by atoms with Crippen LogP contribution in [0.3, 0.4) is 0 Å². The lowest BCUT2D eigenvalue weighted by Gasteiger charge is -2.34. The van der Waals surface area contributed by atoms with Gasteiger partial charge < -0.3 is 10.2 Å². The molecule has 2 saturated heterocycles. The number of amides is 1. The lowest BCUT2D eigenvalue weighted by Crippen LogP contribution is -2.40. The first-order valence-electron chi connectivity index (χ1n) is 11.4. The quantitative estimate of drug-likeness (QED) is 0.637. The second-order valence-electron chi connectivity index (χ2n) is 9.23. The average Bonchev–Trinajstić information content (AvgIpc) is 2.71. The number of carbonyl (C=O) groups is 1. The SMILES string of the molecule is C[C@@H]1C[C@@H](C)CN(CCCNC(=O)c2ccc(CS(=O)(=O)N3CCCCC3)cc2)C1. The Hall–Kier alpha value is -1.44. The Morgan fingerprint density at radius 3 is 2.30 bits per heavy atom. The Labute approximate surface area is 182 Å². The molecule has 2 atom stereocenters. The highest BCUT2D eigenvalue weighted by Crippen LogP contribution is 2.21. The van der Waals surface area contributed by atoms with E-state index < -0.39 is 10.0 Å². The third-order valence-corrected chi connectivity index (χ3v) is 8.00. The number of piperidine rings is 2. The molecule has 0 aliphatic carbocycles. The number of likely N-dealkylation sites (tertiary alicyclic amines) is 1. The maximum absolute atomic E-state index is 12.6. The van der Waals surface area contributed by atoms with Crippen molar-refractivity contribution in [2.24, 2.45) is 11.8 Å². The second-order valence-corrected chi connectivity index (χ2v) is 11.2. The molecule has 1 aromatic carbocycles. The van der Waals surface area contributed by atoms with Gasteiger partial charge in [-0.3, -0.25) is 4.79 Å². The van der Waals surface area contributed by atoms with E-state index in [-0.39, 0.29) is 11.7 Å². The number of sulfonamides is 1. The molecule has 7 heteroatoms. The summed E-state index contributed by atoms with van der Waals surface area (Å²) in [7, 11) is -3.28. The van der Waals surface area contributed by atoms with Crippen molar-refractivity contribution in [2.45, 2.75) is 51.7 Å². The normalized spacial score (nSPS) is 23.9. The van der Waals surface area contributed by atoms with Gasteiger partial charge in [-0.2, -0.15) is 0 Å². The predicted octanol–water partition coefficient (Wildman–Crippen LogP) is 3.10. The summed E-state index contributed by atoms with van der Waals surface area (Å²) >= 11 is 0. The van der Waals surface area contributed by atoms with E-state index in [1.54, 1.807) is 28.6 Å². The van der Waals surface area contributed by atoms with Gasteiger partial charge in [0.05, 0.1) is 5.75 Å². The first-order valence-corrected chi connectivity index (χ1v) is 13.0. The van der Waals surface area contributed by atoms with Gasteiger partial charge in [0.2, 0.25) is 10.0 Å². The fourth-order valence-corrected chi connectivity index (χ4v) is 6.39. The zero-order valence-electron chi connectivity index (χ0n) is 18.5. The molecule has 2 aliphatic heterocycles. The molecule has 1 aromatic rings. The van der Waals surface area contributed by atoms with Crippen LogP contribution in [-0.4, -0.2) is 62.8 Å². The van der Waals surface area contributed by atoms with Crippen LogP contribution in [0.4, 0.5) is 0 Å². The third-order valence-electron chi connectivity index (χ3n) is 6.15. The van der Waals surface area contributed by atoms with E-state index in [1.807, 2.05) is 0 Å². The van der Waals surface area contributed by atoms with Gasteiger partial charge in [0.1, 0.15) is 0 Å². The molecule has 30 heavy (non-hydrogen) atoms. The van der Waals surface area contributed by atoms with Crippen LogP contribution in [0.2, 0.25) is 0 Å². The van der Waals surface area contributed by atoms with E-state index in [1.165, 1.54) is 6.42 Å². The fourth-order valence-electron chi connectivity index (χ4n) is 4.78. The van der Waals surface area contributed by atoms with Crippen molar-refractivity contribution >= 4 is 15.9 Å². The summed E-state index contributed by atoms with van der Waals surface area (Å²) in [6.45, 7) is 9.85. The minimum Gasteiger partial charge on any atom is -0.352 e. The molecule has 1 N–H and O–H groups in total. The highest BCUT2D eigenvalue weighted by molar-refractivity contribution is 7.88. The van der Waals surface area contributed by atoms with Crippen molar-refractivity contribution in [1.82, 2.24) is 14.5 Å². The molecule has 0 unspecified atom stereocenters. The standard InChI is InChI=1S/C23H37N3O3S/c1-19-15-20(2)17-25(16-19)12-6-11-24-23(27)22-9-7-21(8-10-22)18-30(28,29)26-13-4-3-5-14-26/h7-10,19-20H,3-6,11-18H2,1-2H3,(H,24,27)/t19-,20-/m1/s1. The van der Waals surface area contributed by atoms with Crippen LogP contribution in [0.5, 0.6) is 0 Å². The second kappa shape index (κ2) is 10.7. The number of hydrogen-bond acceptors (Lipinski definition) is 4. The van der Waals surface area contributed by atoms with Gasteiger partial charge in [0, 0.05) is 38.3 Å². The summed E-state index contributed by atoms with van der Waals surface area (Å²) in [4.78, 5) is 14.9. The average molecular weight is 436 g/mol. The Morgan fingerprint density at radius 1 is 1.03 bits per heavy atom. The molecule has 0 saturated carbocycles. The molecule has 0 bridgehead atoms. The van der Waals surface area contributed by atoms with E-state index in [0.29, 0.717) is 25.2 Å². The summed E-state index contributed by atoms with van der Waals surface area (Å²) in [6.07, 6.45) is 5.23. The van der Waals surface area contributed by atoms with E-state index in [9.17, 15) is 13.2 Å². The Kier molecular flexibility index (Phi) is 8.31. The van der Waals surface area contributed by atoms with E-state index in [4.69, 9.17) is 0 Å². The molecular weight excluding hydrogens is 398 g/mol. The number of hydrogen-bond donors (Lipinski definition) is 1. The van der Waals surface area contributed by atoms with Crippen LogP contribution in [0, 0.1) is 11.8 Å². The van der Waals surface area contributed by atoms with Gasteiger partial charge in [0.15, 0.2) is 0 Å². The summed E-state index contributed by atoms with van der Waals surface area (Å²) in [5.41, 5.74) is 1.31. The highest BCUT2D eigenvalue weighted by atomic mass is 32.2. The molecule has 2 fully saturated rings. The summed E-state index contributed by atoms with van der Waals surface area (Å²) in [5, 5.41) is 2.99. The fraction of sp³-hybridized carbons (Fsp3) is 0.696. The minimum absolute atomic E-state index is 0.00157. The van der Waals surface area contributed by atoms with Crippen LogP contribution in [-0.2, 0) is 15.8 Å². The van der Waals surface area contributed by atoms with Crippen LogP contribution in [0.1, 0.15) is 61.9 Å². The van der Waals surface area contributed by atoms with Gasteiger partial charge in [0.25, 0.3) is 5.91 Å². The molecule has 2 aliphatic rings. The van der Waals surface area contributed by atoms with Crippen molar-refractivity contribution in [1.29, 1.82) is 0 Å². The molecule has 3 rings (SSSR count). The number of rotatable bonds is 8. The first kappa shape index (κ1) is 23.2. The Bertz CT molecular complexity index is 778. The lowest BCUT2D eigenvalue weighted by molar-refractivity contribution is 0.0947.